The van der Waals surface area contributed by atoms with Gasteiger partial charge >= 0.3 is 0 Å². The molecule has 3 rings (SSSR count). The summed E-state index contributed by atoms with van der Waals surface area (Å²) in [5.74, 6) is 0.926. The number of aryl methyl sites for hydroxylation is 1. The molecule has 116 valence electrons. The first-order valence-electron chi connectivity index (χ1n) is 6.83. The maximum atomic E-state index is 5.87. The minimum absolute atomic E-state index is 0.264. The van der Waals surface area contributed by atoms with Gasteiger partial charge in [-0.3, -0.25) is 4.90 Å². The zero-order chi connectivity index (χ0) is 15.5. The van der Waals surface area contributed by atoms with Crippen molar-refractivity contribution in [2.75, 3.05) is 7.05 Å². The van der Waals surface area contributed by atoms with Crippen molar-refractivity contribution in [3.05, 3.63) is 40.8 Å². The van der Waals surface area contributed by atoms with E-state index in [9.17, 15) is 0 Å². The molecule has 0 bridgehead atoms. The van der Waals surface area contributed by atoms with Crippen LogP contribution in [0.2, 0.25) is 0 Å². The zero-order valence-corrected chi connectivity index (χ0v) is 14.3. The third kappa shape index (κ3) is 3.40. The van der Waals surface area contributed by atoms with Crippen LogP contribution in [-0.2, 0) is 13.6 Å². The molecule has 0 aromatic carbocycles. The van der Waals surface area contributed by atoms with Gasteiger partial charge in [-0.1, -0.05) is 0 Å². The molecule has 0 aliphatic heterocycles. The minimum Gasteiger partial charge on any atom is -0.453 e. The highest BCUT2D eigenvalue weighted by atomic mass is 32.2. The van der Waals surface area contributed by atoms with Crippen LogP contribution in [0.3, 0.4) is 0 Å². The summed E-state index contributed by atoms with van der Waals surface area (Å²) >= 11 is 3.14. The number of aromatic nitrogens is 4. The van der Waals surface area contributed by atoms with Crippen LogP contribution in [0, 0.1) is 0 Å². The molecule has 1 atom stereocenters. The molecule has 0 amide bonds. The first kappa shape index (κ1) is 15.3. The van der Waals surface area contributed by atoms with Gasteiger partial charge in [-0.05, 0) is 37.9 Å². The van der Waals surface area contributed by atoms with Crippen LogP contribution < -0.4 is 0 Å². The third-order valence-corrected chi connectivity index (χ3v) is 5.29. The van der Waals surface area contributed by atoms with Crippen molar-refractivity contribution >= 4 is 23.1 Å². The highest BCUT2D eigenvalue weighted by molar-refractivity contribution is 7.99. The Bertz CT molecular complexity index is 721. The molecule has 0 fully saturated rings. The van der Waals surface area contributed by atoms with Gasteiger partial charge in [0, 0.05) is 18.6 Å². The Hall–Kier alpha value is -1.64. The van der Waals surface area contributed by atoms with Crippen molar-refractivity contribution in [1.82, 2.24) is 24.6 Å². The number of hydrogen-bond donors (Lipinski definition) is 0. The molecule has 0 aliphatic carbocycles. The van der Waals surface area contributed by atoms with Gasteiger partial charge in [0.15, 0.2) is 10.2 Å². The molecule has 6 nitrogen and oxygen atoms in total. The smallest absolute Gasteiger partial charge is 0.198 e. The van der Waals surface area contributed by atoms with Gasteiger partial charge in [0.1, 0.15) is 17.1 Å². The van der Waals surface area contributed by atoms with Gasteiger partial charge in [-0.15, -0.1) is 21.5 Å². The predicted octanol–water partition coefficient (Wildman–Crippen LogP) is 3.21. The highest BCUT2D eigenvalue weighted by Gasteiger charge is 2.16. The Balaban J connectivity index is 1.63. The summed E-state index contributed by atoms with van der Waals surface area (Å²) in [7, 11) is 3.99. The van der Waals surface area contributed by atoms with Crippen molar-refractivity contribution in [3.8, 4) is 0 Å². The second-order valence-electron chi connectivity index (χ2n) is 5.01. The Kier molecular flexibility index (Phi) is 4.60. The van der Waals surface area contributed by atoms with E-state index in [1.54, 1.807) is 17.7 Å². The molecule has 3 aromatic heterocycles. The van der Waals surface area contributed by atoms with E-state index < -0.39 is 0 Å². The number of rotatable bonds is 6. The minimum atomic E-state index is 0.264. The van der Waals surface area contributed by atoms with E-state index in [-0.39, 0.29) is 6.04 Å². The van der Waals surface area contributed by atoms with Crippen LogP contribution in [0.4, 0.5) is 0 Å². The lowest BCUT2D eigenvalue weighted by atomic mass is 10.3. The molecule has 22 heavy (non-hydrogen) atoms. The molecule has 0 unspecified atom stereocenters. The molecular weight excluding hydrogens is 318 g/mol. The van der Waals surface area contributed by atoms with E-state index in [1.165, 1.54) is 11.8 Å². The van der Waals surface area contributed by atoms with Gasteiger partial charge in [0.2, 0.25) is 0 Å². The Labute approximate surface area is 137 Å². The fourth-order valence-corrected chi connectivity index (χ4v) is 3.47. The van der Waals surface area contributed by atoms with Crippen LogP contribution in [0.5, 0.6) is 0 Å². The van der Waals surface area contributed by atoms with E-state index in [1.807, 2.05) is 35.3 Å². The van der Waals surface area contributed by atoms with E-state index in [0.717, 1.165) is 27.6 Å². The number of nitrogens with zero attached hydrogens (tertiary/aromatic N) is 5. The van der Waals surface area contributed by atoms with Gasteiger partial charge in [-0.2, -0.15) is 0 Å². The van der Waals surface area contributed by atoms with E-state index in [0.29, 0.717) is 0 Å². The zero-order valence-electron chi connectivity index (χ0n) is 12.6. The monoisotopic (exact) mass is 335 g/mol. The molecule has 0 N–H and O–H groups in total. The second-order valence-corrected chi connectivity index (χ2v) is 6.91. The van der Waals surface area contributed by atoms with E-state index in [4.69, 9.17) is 4.42 Å². The van der Waals surface area contributed by atoms with Gasteiger partial charge < -0.3 is 8.98 Å². The first-order valence-corrected chi connectivity index (χ1v) is 8.53. The van der Waals surface area contributed by atoms with Crippen LogP contribution in [0.25, 0.3) is 0 Å². The quantitative estimate of drug-likeness (QED) is 0.689. The maximum Gasteiger partial charge on any atom is 0.198 e. The van der Waals surface area contributed by atoms with E-state index in [2.05, 4.69) is 34.1 Å². The lowest BCUT2D eigenvalue weighted by Gasteiger charge is -2.21. The summed E-state index contributed by atoms with van der Waals surface area (Å²) in [5, 5.41) is 12.7. The summed E-state index contributed by atoms with van der Waals surface area (Å²) in [6.07, 6.45) is 3.52. The largest absolute Gasteiger partial charge is 0.453 e. The summed E-state index contributed by atoms with van der Waals surface area (Å²) in [6, 6.07) is 4.24. The molecule has 0 saturated carbocycles. The van der Waals surface area contributed by atoms with Crippen molar-refractivity contribution in [1.29, 1.82) is 0 Å². The standard InChI is InChI=1S/C14H17N5OS2/c1-10(13-15-6-7-21-13)18(2)8-11-4-5-12(20-11)22-14-17-16-9-19(14)3/h4-7,9-10H,8H2,1-3H3/t10-/m0/s1. The summed E-state index contributed by atoms with van der Waals surface area (Å²) in [6.45, 7) is 2.89. The second kappa shape index (κ2) is 6.64. The Morgan fingerprint density at radius 2 is 2.32 bits per heavy atom. The number of hydrogen-bond acceptors (Lipinski definition) is 7. The SMILES string of the molecule is C[C@@H](c1nccs1)N(C)Cc1ccc(Sc2nncn2C)o1. The van der Waals surface area contributed by atoms with Gasteiger partial charge in [0.25, 0.3) is 0 Å². The molecule has 0 radical (unpaired) electrons. The third-order valence-electron chi connectivity index (χ3n) is 3.37. The summed E-state index contributed by atoms with van der Waals surface area (Å²) in [5.41, 5.74) is 0. The fourth-order valence-electron chi connectivity index (χ4n) is 1.97. The fraction of sp³-hybridized carbons (Fsp3) is 0.357. The van der Waals surface area contributed by atoms with E-state index >= 15 is 0 Å². The molecule has 0 saturated heterocycles. The molecule has 0 spiro atoms. The molecular formula is C14H17N5OS2. The molecule has 3 heterocycles. The van der Waals surface area contributed by atoms with Crippen LogP contribution >= 0.6 is 23.1 Å². The lowest BCUT2D eigenvalue weighted by molar-refractivity contribution is 0.226. The van der Waals surface area contributed by atoms with Crippen LogP contribution in [0.15, 0.2) is 44.7 Å². The first-order chi connectivity index (χ1) is 10.6. The maximum absolute atomic E-state index is 5.87. The van der Waals surface area contributed by atoms with Crippen molar-refractivity contribution in [3.63, 3.8) is 0 Å². The molecule has 8 heteroatoms. The lowest BCUT2D eigenvalue weighted by Crippen LogP contribution is -2.21. The summed E-state index contributed by atoms with van der Waals surface area (Å²) in [4.78, 5) is 6.58. The average Bonchev–Trinajstić information content (AvgIpc) is 3.22. The number of furan rings is 1. The van der Waals surface area contributed by atoms with Crippen molar-refractivity contribution < 1.29 is 4.42 Å². The normalized spacial score (nSPS) is 12.9. The van der Waals surface area contributed by atoms with Crippen molar-refractivity contribution in [2.45, 2.75) is 29.8 Å². The summed E-state index contributed by atoms with van der Waals surface area (Å²) < 4.78 is 7.74. The molecule has 0 aliphatic rings. The number of thiazole rings is 1. The Morgan fingerprint density at radius 1 is 1.45 bits per heavy atom. The average molecular weight is 335 g/mol. The molecule has 3 aromatic rings. The van der Waals surface area contributed by atoms with Crippen molar-refractivity contribution in [2.24, 2.45) is 7.05 Å². The topological polar surface area (TPSA) is 60.0 Å². The Morgan fingerprint density at radius 3 is 3.00 bits per heavy atom. The van der Waals surface area contributed by atoms with Gasteiger partial charge in [0.05, 0.1) is 12.6 Å². The predicted molar refractivity (Wildman–Crippen MR) is 85.8 cm³/mol. The van der Waals surface area contributed by atoms with Gasteiger partial charge in [-0.25, -0.2) is 4.98 Å². The van der Waals surface area contributed by atoms with Crippen LogP contribution in [0.1, 0.15) is 23.7 Å². The van der Waals surface area contributed by atoms with Crippen LogP contribution in [-0.4, -0.2) is 31.7 Å². The highest BCUT2D eigenvalue weighted by Crippen LogP contribution is 2.28.